The van der Waals surface area contributed by atoms with Crippen molar-refractivity contribution in [3.05, 3.63) is 12.2 Å². The van der Waals surface area contributed by atoms with E-state index >= 15 is 0 Å². The highest BCUT2D eigenvalue weighted by Crippen LogP contribution is 2.13. The molecule has 0 heterocycles. The first kappa shape index (κ1) is 22.4. The molecule has 0 amide bonds. The molecule has 0 aliphatic rings. The van der Waals surface area contributed by atoms with Crippen molar-refractivity contribution in [2.24, 2.45) is 4.99 Å². The van der Waals surface area contributed by atoms with Gasteiger partial charge in [-0.25, -0.2) is 0 Å². The van der Waals surface area contributed by atoms with E-state index in [1.54, 1.807) is 0 Å². The van der Waals surface area contributed by atoms with Gasteiger partial charge in [0.1, 0.15) is 0 Å². The predicted molar refractivity (Wildman–Crippen MR) is 108 cm³/mol. The molecule has 0 spiro atoms. The summed E-state index contributed by atoms with van der Waals surface area (Å²) in [5.74, 6) is 0. The van der Waals surface area contributed by atoms with Crippen LogP contribution in [-0.2, 0) is 0 Å². The van der Waals surface area contributed by atoms with Crippen molar-refractivity contribution in [1.29, 1.82) is 0 Å². The van der Waals surface area contributed by atoms with Crippen molar-refractivity contribution >= 4 is 6.21 Å². The quantitative estimate of drug-likeness (QED) is 0.138. The van der Waals surface area contributed by atoms with E-state index in [0.29, 0.717) is 0 Å². The Hall–Kier alpha value is -0.590. The maximum Gasteiger partial charge on any atom is 0.0566 e. The van der Waals surface area contributed by atoms with Gasteiger partial charge < -0.3 is 0 Å². The summed E-state index contributed by atoms with van der Waals surface area (Å²) in [5, 5.41) is 0. The average molecular weight is 322 g/mol. The first-order valence-corrected chi connectivity index (χ1v) is 10.5. The number of aliphatic imine (C=N–C) groups is 1. The van der Waals surface area contributed by atoms with E-state index in [2.05, 4.69) is 24.1 Å². The zero-order valence-corrected chi connectivity index (χ0v) is 16.2. The molecule has 0 fully saturated rings. The maximum atomic E-state index is 4.17. The molecule has 0 aromatic rings. The molecule has 0 bridgehead atoms. The minimum Gasteiger partial charge on any atom is -0.294 e. The predicted octanol–water partition coefficient (Wildman–Crippen LogP) is 7.89. The number of hydrogen-bond donors (Lipinski definition) is 0. The van der Waals surface area contributed by atoms with Gasteiger partial charge in [-0.05, 0) is 26.0 Å². The standard InChI is InChI=1S/C22H43N/c1-3-5-6-7-8-9-10-11-12-13-14-15-16-17-18-19-20-21-22-23-4-2/h4,20-21H,3,5-19,22H2,1-2H3. The Balaban J connectivity index is 3.01. The lowest BCUT2D eigenvalue weighted by molar-refractivity contribution is 0.533. The van der Waals surface area contributed by atoms with Crippen molar-refractivity contribution < 1.29 is 0 Å². The van der Waals surface area contributed by atoms with Gasteiger partial charge in [-0.2, -0.15) is 0 Å². The highest BCUT2D eigenvalue weighted by atomic mass is 14.7. The molecule has 0 N–H and O–H groups in total. The minimum atomic E-state index is 0.856. The molecule has 0 aliphatic carbocycles. The summed E-state index contributed by atoms with van der Waals surface area (Å²) in [4.78, 5) is 4.17. The van der Waals surface area contributed by atoms with E-state index in [0.717, 1.165) is 6.54 Å². The van der Waals surface area contributed by atoms with Gasteiger partial charge in [0.15, 0.2) is 0 Å². The van der Waals surface area contributed by atoms with Crippen molar-refractivity contribution in [3.8, 4) is 0 Å². The molecule has 1 nitrogen and oxygen atoms in total. The number of allylic oxidation sites excluding steroid dienone is 1. The Morgan fingerprint density at radius 3 is 1.43 bits per heavy atom. The molecule has 23 heavy (non-hydrogen) atoms. The first-order valence-electron chi connectivity index (χ1n) is 10.5. The van der Waals surface area contributed by atoms with Crippen LogP contribution < -0.4 is 0 Å². The van der Waals surface area contributed by atoms with Gasteiger partial charge in [-0.1, -0.05) is 109 Å². The SMILES string of the molecule is CC=NCC=CCCCCCCCCCCCCCCCCC. The largest absolute Gasteiger partial charge is 0.294 e. The molecular weight excluding hydrogens is 278 g/mol. The molecule has 0 saturated heterocycles. The van der Waals surface area contributed by atoms with Crippen LogP contribution >= 0.6 is 0 Å². The highest BCUT2D eigenvalue weighted by Gasteiger charge is 1.94. The molecule has 0 aromatic carbocycles. The van der Waals surface area contributed by atoms with Crippen LogP contribution in [0.2, 0.25) is 0 Å². The van der Waals surface area contributed by atoms with Crippen LogP contribution in [-0.4, -0.2) is 12.8 Å². The van der Waals surface area contributed by atoms with Crippen molar-refractivity contribution in [2.75, 3.05) is 6.54 Å². The van der Waals surface area contributed by atoms with E-state index in [-0.39, 0.29) is 0 Å². The van der Waals surface area contributed by atoms with Gasteiger partial charge >= 0.3 is 0 Å². The lowest BCUT2D eigenvalue weighted by Gasteiger charge is -2.03. The molecule has 1 heteroatoms. The third kappa shape index (κ3) is 21.4. The monoisotopic (exact) mass is 321 g/mol. The van der Waals surface area contributed by atoms with E-state index in [9.17, 15) is 0 Å². The second kappa shape index (κ2) is 21.4. The number of nitrogens with zero attached hydrogens (tertiary/aromatic N) is 1. The summed E-state index contributed by atoms with van der Waals surface area (Å²) in [5.41, 5.74) is 0. The van der Waals surface area contributed by atoms with Crippen LogP contribution in [0.25, 0.3) is 0 Å². The second-order valence-electron chi connectivity index (χ2n) is 6.83. The van der Waals surface area contributed by atoms with Gasteiger partial charge in [0.25, 0.3) is 0 Å². The van der Waals surface area contributed by atoms with Crippen molar-refractivity contribution in [3.63, 3.8) is 0 Å². The zero-order valence-electron chi connectivity index (χ0n) is 16.2. The van der Waals surface area contributed by atoms with Crippen LogP contribution in [0.15, 0.2) is 17.1 Å². The fraction of sp³-hybridized carbons (Fsp3) is 0.864. The maximum absolute atomic E-state index is 4.17. The van der Waals surface area contributed by atoms with E-state index in [1.807, 2.05) is 13.1 Å². The van der Waals surface area contributed by atoms with Crippen LogP contribution in [0.1, 0.15) is 117 Å². The summed E-state index contributed by atoms with van der Waals surface area (Å²) >= 11 is 0. The van der Waals surface area contributed by atoms with Gasteiger partial charge in [0.05, 0.1) is 6.54 Å². The molecular formula is C22H43N. The molecule has 0 aliphatic heterocycles. The van der Waals surface area contributed by atoms with Crippen molar-refractivity contribution in [2.45, 2.75) is 117 Å². The lowest BCUT2D eigenvalue weighted by Crippen LogP contribution is -1.83. The molecule has 0 radical (unpaired) electrons. The summed E-state index contributed by atoms with van der Waals surface area (Å²) in [6, 6.07) is 0. The second-order valence-corrected chi connectivity index (χ2v) is 6.83. The fourth-order valence-electron chi connectivity index (χ4n) is 2.99. The Labute approximate surface area is 147 Å². The van der Waals surface area contributed by atoms with Crippen LogP contribution in [0.5, 0.6) is 0 Å². The first-order chi connectivity index (χ1) is 11.4. The van der Waals surface area contributed by atoms with Crippen LogP contribution in [0.4, 0.5) is 0 Å². The van der Waals surface area contributed by atoms with Gasteiger partial charge in [-0.3, -0.25) is 4.99 Å². The molecule has 0 unspecified atom stereocenters. The number of unbranched alkanes of at least 4 members (excludes halogenated alkanes) is 15. The van der Waals surface area contributed by atoms with Crippen LogP contribution in [0.3, 0.4) is 0 Å². The molecule has 0 atom stereocenters. The van der Waals surface area contributed by atoms with Crippen molar-refractivity contribution in [1.82, 2.24) is 0 Å². The number of rotatable bonds is 18. The summed E-state index contributed by atoms with van der Waals surface area (Å²) < 4.78 is 0. The van der Waals surface area contributed by atoms with E-state index in [4.69, 9.17) is 0 Å². The lowest BCUT2D eigenvalue weighted by atomic mass is 10.0. The smallest absolute Gasteiger partial charge is 0.0566 e. The van der Waals surface area contributed by atoms with Gasteiger partial charge in [-0.15, -0.1) is 0 Å². The highest BCUT2D eigenvalue weighted by molar-refractivity contribution is 5.53. The van der Waals surface area contributed by atoms with Crippen LogP contribution in [0, 0.1) is 0 Å². The average Bonchev–Trinajstić information content (AvgIpc) is 2.57. The van der Waals surface area contributed by atoms with Gasteiger partial charge in [0, 0.05) is 0 Å². The fourth-order valence-corrected chi connectivity index (χ4v) is 2.99. The summed E-state index contributed by atoms with van der Waals surface area (Å²) in [7, 11) is 0. The van der Waals surface area contributed by atoms with Gasteiger partial charge in [0.2, 0.25) is 0 Å². The zero-order chi connectivity index (χ0) is 16.8. The number of hydrogen-bond acceptors (Lipinski definition) is 1. The Kier molecular flexibility index (Phi) is 20.9. The Morgan fingerprint density at radius 2 is 1.00 bits per heavy atom. The molecule has 0 saturated carbocycles. The third-order valence-electron chi connectivity index (χ3n) is 4.53. The Bertz CT molecular complexity index is 255. The molecule has 0 rings (SSSR count). The Morgan fingerprint density at radius 1 is 0.565 bits per heavy atom. The van der Waals surface area contributed by atoms with E-state index < -0.39 is 0 Å². The normalized spacial score (nSPS) is 11.9. The topological polar surface area (TPSA) is 12.4 Å². The third-order valence-corrected chi connectivity index (χ3v) is 4.53. The van der Waals surface area contributed by atoms with E-state index in [1.165, 1.54) is 103 Å². The minimum absolute atomic E-state index is 0.856. The summed E-state index contributed by atoms with van der Waals surface area (Å²) in [6.07, 6.45) is 29.2. The summed E-state index contributed by atoms with van der Waals surface area (Å²) in [6.45, 7) is 5.12. The molecule has 0 aromatic heterocycles. The molecule has 136 valence electrons.